The summed E-state index contributed by atoms with van der Waals surface area (Å²) in [5.74, 6) is -1.64. The summed E-state index contributed by atoms with van der Waals surface area (Å²) in [6.07, 6.45) is -4.44. The van der Waals surface area contributed by atoms with Gasteiger partial charge in [0.05, 0.1) is 11.4 Å². The monoisotopic (exact) mass is 412 g/mol. The molecule has 148 valence electrons. The molecule has 3 rings (SSSR count). The zero-order chi connectivity index (χ0) is 20.6. The number of carbonyl (C=O) groups is 1. The summed E-state index contributed by atoms with van der Waals surface area (Å²) in [4.78, 5) is 19.7. The number of carbonyl (C=O) groups excluding carboxylic acids is 1. The molecule has 0 amide bonds. The maximum atomic E-state index is 12.8. The van der Waals surface area contributed by atoms with E-state index in [4.69, 9.17) is 16.3 Å². The van der Waals surface area contributed by atoms with E-state index in [0.717, 1.165) is 10.1 Å². The quantitative estimate of drug-likeness (QED) is 0.473. The number of alkyl halides is 3. The van der Waals surface area contributed by atoms with Crippen LogP contribution in [-0.2, 0) is 17.4 Å². The first-order valence-corrected chi connectivity index (χ1v) is 8.71. The molecule has 2 aromatic heterocycles. The number of fused-ring (bicyclic) bond motifs is 1. The Morgan fingerprint density at radius 2 is 1.93 bits per heavy atom. The van der Waals surface area contributed by atoms with Gasteiger partial charge < -0.3 is 4.74 Å². The van der Waals surface area contributed by atoms with Crippen LogP contribution in [-0.4, -0.2) is 25.6 Å². The Labute approximate surface area is 163 Å². The summed E-state index contributed by atoms with van der Waals surface area (Å²) in [7, 11) is 0. The summed E-state index contributed by atoms with van der Waals surface area (Å²) in [5, 5.41) is 3.80. The van der Waals surface area contributed by atoms with E-state index in [9.17, 15) is 18.0 Å². The molecule has 0 aliphatic heterocycles. The maximum absolute atomic E-state index is 12.8. The first-order valence-electron chi connectivity index (χ1n) is 8.33. The highest BCUT2D eigenvalue weighted by molar-refractivity contribution is 6.32. The standard InChI is InChI=1S/C18H16ClF3N4O2/c1-9-4-6-13(19)14(8-9)28-15(27)7-5-12-10(2)23-17-24-16(18(20,21)22)25-26(17)11(12)3/h4,6,8H,5,7H2,1-3H3. The highest BCUT2D eigenvalue weighted by atomic mass is 35.5. The van der Waals surface area contributed by atoms with E-state index in [-0.39, 0.29) is 24.4 Å². The molecule has 0 bridgehead atoms. The van der Waals surface area contributed by atoms with Gasteiger partial charge in [0.25, 0.3) is 11.6 Å². The van der Waals surface area contributed by atoms with Crippen molar-refractivity contribution in [3.63, 3.8) is 0 Å². The molecule has 0 saturated heterocycles. The van der Waals surface area contributed by atoms with E-state index >= 15 is 0 Å². The Morgan fingerprint density at radius 1 is 1.21 bits per heavy atom. The van der Waals surface area contributed by atoms with Crippen molar-refractivity contribution in [1.82, 2.24) is 19.6 Å². The van der Waals surface area contributed by atoms with Crippen LogP contribution in [0.1, 0.15) is 34.8 Å². The minimum absolute atomic E-state index is 0.0000371. The fourth-order valence-electron chi connectivity index (χ4n) is 2.78. The van der Waals surface area contributed by atoms with Gasteiger partial charge in [-0.05, 0) is 50.5 Å². The Bertz CT molecular complexity index is 1060. The van der Waals surface area contributed by atoms with Crippen molar-refractivity contribution in [1.29, 1.82) is 0 Å². The van der Waals surface area contributed by atoms with Gasteiger partial charge >= 0.3 is 12.1 Å². The average Bonchev–Trinajstić information content (AvgIpc) is 3.02. The molecular weight excluding hydrogens is 397 g/mol. The molecule has 0 N–H and O–H groups in total. The third-order valence-electron chi connectivity index (χ3n) is 4.19. The predicted molar refractivity (Wildman–Crippen MR) is 95.4 cm³/mol. The third-order valence-corrected chi connectivity index (χ3v) is 4.50. The Kier molecular flexibility index (Phi) is 5.29. The lowest BCUT2D eigenvalue weighted by Gasteiger charge is -2.11. The fourth-order valence-corrected chi connectivity index (χ4v) is 2.94. The smallest absolute Gasteiger partial charge is 0.425 e. The molecular formula is C18H16ClF3N4O2. The topological polar surface area (TPSA) is 69.4 Å². The van der Waals surface area contributed by atoms with Gasteiger partial charge in [-0.25, -0.2) is 9.50 Å². The Hall–Kier alpha value is -2.68. The molecule has 2 heterocycles. The molecule has 0 radical (unpaired) electrons. The van der Waals surface area contributed by atoms with Crippen LogP contribution in [0.5, 0.6) is 5.75 Å². The summed E-state index contributed by atoms with van der Waals surface area (Å²) in [6.45, 7) is 5.09. The lowest BCUT2D eigenvalue weighted by atomic mass is 10.1. The van der Waals surface area contributed by atoms with Crippen LogP contribution in [0.4, 0.5) is 13.2 Å². The predicted octanol–water partition coefficient (Wildman–Crippen LogP) is 4.26. The number of hydrogen-bond acceptors (Lipinski definition) is 5. The van der Waals surface area contributed by atoms with Crippen LogP contribution in [0.25, 0.3) is 5.78 Å². The fraction of sp³-hybridized carbons (Fsp3) is 0.333. The van der Waals surface area contributed by atoms with Crippen LogP contribution >= 0.6 is 11.6 Å². The van der Waals surface area contributed by atoms with E-state index in [1.165, 1.54) is 0 Å². The van der Waals surface area contributed by atoms with Crippen molar-refractivity contribution in [2.24, 2.45) is 0 Å². The number of rotatable bonds is 4. The molecule has 0 aliphatic rings. The first kappa shape index (κ1) is 20.1. The molecule has 0 saturated carbocycles. The molecule has 0 spiro atoms. The summed E-state index contributed by atoms with van der Waals surface area (Å²) in [5.41, 5.74) is 2.41. The summed E-state index contributed by atoms with van der Waals surface area (Å²) < 4.78 is 44.9. The normalized spacial score (nSPS) is 11.8. The number of nitrogens with zero attached hydrogens (tertiary/aromatic N) is 4. The number of benzene rings is 1. The van der Waals surface area contributed by atoms with E-state index in [1.54, 1.807) is 32.0 Å². The van der Waals surface area contributed by atoms with Crippen molar-refractivity contribution in [2.75, 3.05) is 0 Å². The van der Waals surface area contributed by atoms with Gasteiger partial charge in [-0.3, -0.25) is 4.79 Å². The summed E-state index contributed by atoms with van der Waals surface area (Å²) in [6, 6.07) is 5.08. The average molecular weight is 413 g/mol. The highest BCUT2D eigenvalue weighted by Crippen LogP contribution is 2.28. The second-order valence-corrected chi connectivity index (χ2v) is 6.72. The number of hydrogen-bond donors (Lipinski definition) is 0. The second-order valence-electron chi connectivity index (χ2n) is 6.31. The van der Waals surface area contributed by atoms with Gasteiger partial charge in [0.2, 0.25) is 0 Å². The number of aryl methyl sites for hydroxylation is 3. The van der Waals surface area contributed by atoms with E-state index in [1.807, 2.05) is 6.92 Å². The number of aromatic nitrogens is 4. The van der Waals surface area contributed by atoms with Gasteiger partial charge in [0.1, 0.15) is 5.75 Å². The third kappa shape index (κ3) is 4.09. The van der Waals surface area contributed by atoms with Crippen molar-refractivity contribution in [2.45, 2.75) is 39.8 Å². The summed E-state index contributed by atoms with van der Waals surface area (Å²) >= 11 is 6.01. The van der Waals surface area contributed by atoms with Crippen LogP contribution < -0.4 is 4.74 Å². The maximum Gasteiger partial charge on any atom is 0.453 e. The van der Waals surface area contributed by atoms with Gasteiger partial charge in [-0.2, -0.15) is 18.2 Å². The zero-order valence-corrected chi connectivity index (χ0v) is 16.0. The van der Waals surface area contributed by atoms with Gasteiger partial charge in [0.15, 0.2) is 0 Å². The second kappa shape index (κ2) is 7.38. The van der Waals surface area contributed by atoms with Gasteiger partial charge in [-0.1, -0.05) is 17.7 Å². The minimum Gasteiger partial charge on any atom is -0.425 e. The van der Waals surface area contributed by atoms with E-state index in [0.29, 0.717) is 22.0 Å². The van der Waals surface area contributed by atoms with Crippen LogP contribution in [0.3, 0.4) is 0 Å². The Balaban J connectivity index is 1.80. The molecule has 0 aliphatic carbocycles. The molecule has 10 heteroatoms. The molecule has 0 fully saturated rings. The minimum atomic E-state index is -4.66. The molecule has 1 aromatic carbocycles. The van der Waals surface area contributed by atoms with E-state index in [2.05, 4.69) is 15.1 Å². The van der Waals surface area contributed by atoms with Crippen molar-refractivity contribution in [3.8, 4) is 5.75 Å². The number of halogens is 4. The highest BCUT2D eigenvalue weighted by Gasteiger charge is 2.37. The lowest BCUT2D eigenvalue weighted by Crippen LogP contribution is -2.12. The van der Waals surface area contributed by atoms with Gasteiger partial charge in [0, 0.05) is 11.4 Å². The number of esters is 1. The largest absolute Gasteiger partial charge is 0.453 e. The lowest BCUT2D eigenvalue weighted by molar-refractivity contribution is -0.144. The molecule has 0 unspecified atom stereocenters. The van der Waals surface area contributed by atoms with E-state index < -0.39 is 18.0 Å². The molecule has 28 heavy (non-hydrogen) atoms. The van der Waals surface area contributed by atoms with Crippen molar-refractivity contribution in [3.05, 3.63) is 51.6 Å². The van der Waals surface area contributed by atoms with Crippen molar-refractivity contribution < 1.29 is 22.7 Å². The van der Waals surface area contributed by atoms with Crippen LogP contribution in [0.15, 0.2) is 18.2 Å². The first-order chi connectivity index (χ1) is 13.1. The van der Waals surface area contributed by atoms with Crippen LogP contribution in [0.2, 0.25) is 5.02 Å². The molecule has 3 aromatic rings. The molecule has 0 atom stereocenters. The Morgan fingerprint density at radius 3 is 2.61 bits per heavy atom. The zero-order valence-electron chi connectivity index (χ0n) is 15.3. The van der Waals surface area contributed by atoms with Crippen LogP contribution in [0, 0.1) is 20.8 Å². The van der Waals surface area contributed by atoms with Crippen molar-refractivity contribution >= 4 is 23.3 Å². The SMILES string of the molecule is Cc1ccc(Cl)c(OC(=O)CCc2c(C)nc3nc(C(F)(F)F)nn3c2C)c1. The molecule has 6 nitrogen and oxygen atoms in total. The van der Waals surface area contributed by atoms with Gasteiger partial charge in [-0.15, -0.1) is 5.10 Å². The number of ether oxygens (including phenoxy) is 1.